The molecule has 5 heteroatoms. The molecule has 0 atom stereocenters. The van der Waals surface area contributed by atoms with E-state index in [0.717, 1.165) is 38.3 Å². The van der Waals surface area contributed by atoms with Crippen LogP contribution in [0.1, 0.15) is 19.0 Å². The molecule has 0 aliphatic carbocycles. The fourth-order valence-corrected chi connectivity index (χ4v) is 1.66. The highest BCUT2D eigenvalue weighted by molar-refractivity contribution is 4.96. The van der Waals surface area contributed by atoms with Crippen LogP contribution < -0.4 is 5.32 Å². The van der Waals surface area contributed by atoms with Gasteiger partial charge in [-0.1, -0.05) is 6.92 Å². The van der Waals surface area contributed by atoms with Gasteiger partial charge in [0.2, 0.25) is 0 Å². The summed E-state index contributed by atoms with van der Waals surface area (Å²) in [7, 11) is 0. The van der Waals surface area contributed by atoms with Gasteiger partial charge in [0.15, 0.2) is 0 Å². The van der Waals surface area contributed by atoms with Gasteiger partial charge in [0, 0.05) is 31.7 Å². The van der Waals surface area contributed by atoms with E-state index >= 15 is 0 Å². The van der Waals surface area contributed by atoms with E-state index in [2.05, 4.69) is 33.1 Å². The largest absolute Gasteiger partial charge is 0.335 e. The molecule has 0 aliphatic heterocycles. The molecule has 1 N–H and O–H groups in total. The zero-order chi connectivity index (χ0) is 11.9. The molecule has 0 unspecified atom stereocenters. The van der Waals surface area contributed by atoms with E-state index in [4.69, 9.17) is 0 Å². The third-order valence-electron chi connectivity index (χ3n) is 2.57. The van der Waals surface area contributed by atoms with Crippen molar-refractivity contribution in [3.05, 3.63) is 36.7 Å². The summed E-state index contributed by atoms with van der Waals surface area (Å²) in [6.45, 7) is 5.84. The third kappa shape index (κ3) is 3.71. The SMILES string of the molecule is CCCNCc1cn(CCn2cccn2)cn1. The van der Waals surface area contributed by atoms with Crippen LogP contribution in [0.5, 0.6) is 0 Å². The molecular formula is C12H19N5. The molecule has 2 heterocycles. The van der Waals surface area contributed by atoms with E-state index in [9.17, 15) is 0 Å². The van der Waals surface area contributed by atoms with E-state index in [1.54, 1.807) is 6.20 Å². The minimum absolute atomic E-state index is 0.850. The van der Waals surface area contributed by atoms with Gasteiger partial charge in [-0.25, -0.2) is 4.98 Å². The average molecular weight is 233 g/mol. The lowest BCUT2D eigenvalue weighted by Crippen LogP contribution is -2.14. The van der Waals surface area contributed by atoms with Crippen molar-refractivity contribution in [2.75, 3.05) is 6.54 Å². The monoisotopic (exact) mass is 233 g/mol. The van der Waals surface area contributed by atoms with E-state index < -0.39 is 0 Å². The number of aryl methyl sites for hydroxylation is 2. The molecule has 92 valence electrons. The first-order valence-corrected chi connectivity index (χ1v) is 6.07. The Labute approximate surface area is 101 Å². The Kier molecular flexibility index (Phi) is 4.32. The molecule has 2 aromatic rings. The maximum Gasteiger partial charge on any atom is 0.0950 e. The van der Waals surface area contributed by atoms with E-state index in [1.807, 2.05) is 23.3 Å². The first kappa shape index (κ1) is 11.9. The summed E-state index contributed by atoms with van der Waals surface area (Å²) in [5.41, 5.74) is 1.10. The molecule has 17 heavy (non-hydrogen) atoms. The summed E-state index contributed by atoms with van der Waals surface area (Å²) in [5.74, 6) is 0. The highest BCUT2D eigenvalue weighted by atomic mass is 15.3. The van der Waals surface area contributed by atoms with E-state index in [1.165, 1.54) is 0 Å². The van der Waals surface area contributed by atoms with Crippen molar-refractivity contribution < 1.29 is 0 Å². The predicted molar refractivity (Wildman–Crippen MR) is 66.5 cm³/mol. The second-order valence-corrected chi connectivity index (χ2v) is 4.05. The van der Waals surface area contributed by atoms with E-state index in [-0.39, 0.29) is 0 Å². The minimum Gasteiger partial charge on any atom is -0.335 e. The Bertz CT molecular complexity index is 418. The van der Waals surface area contributed by atoms with Crippen LogP contribution >= 0.6 is 0 Å². The molecule has 2 aromatic heterocycles. The Balaban J connectivity index is 1.77. The van der Waals surface area contributed by atoms with Gasteiger partial charge in [-0.15, -0.1) is 0 Å². The molecule has 0 fully saturated rings. The molecule has 0 amide bonds. The van der Waals surface area contributed by atoms with Crippen LogP contribution in [0.25, 0.3) is 0 Å². The van der Waals surface area contributed by atoms with Crippen LogP contribution in [0.2, 0.25) is 0 Å². The van der Waals surface area contributed by atoms with Gasteiger partial charge in [-0.3, -0.25) is 4.68 Å². The fourth-order valence-electron chi connectivity index (χ4n) is 1.66. The molecular weight excluding hydrogens is 214 g/mol. The van der Waals surface area contributed by atoms with Crippen molar-refractivity contribution in [1.82, 2.24) is 24.6 Å². The van der Waals surface area contributed by atoms with Crippen LogP contribution in [0.4, 0.5) is 0 Å². The lowest BCUT2D eigenvalue weighted by molar-refractivity contribution is 0.532. The third-order valence-corrected chi connectivity index (χ3v) is 2.57. The number of nitrogens with zero attached hydrogens (tertiary/aromatic N) is 4. The van der Waals surface area contributed by atoms with Crippen LogP contribution in [-0.2, 0) is 19.6 Å². The van der Waals surface area contributed by atoms with Crippen molar-refractivity contribution in [2.45, 2.75) is 33.0 Å². The number of hydrogen-bond acceptors (Lipinski definition) is 3. The van der Waals surface area contributed by atoms with Gasteiger partial charge in [0.25, 0.3) is 0 Å². The molecule has 0 bridgehead atoms. The molecule has 0 spiro atoms. The number of hydrogen-bond donors (Lipinski definition) is 1. The average Bonchev–Trinajstić information content (AvgIpc) is 2.98. The zero-order valence-corrected chi connectivity index (χ0v) is 10.2. The summed E-state index contributed by atoms with van der Waals surface area (Å²) >= 11 is 0. The highest BCUT2D eigenvalue weighted by Crippen LogP contribution is 1.97. The standard InChI is InChI=1S/C12H19N5/c1-2-4-13-9-12-10-16(11-14-12)7-8-17-6-3-5-15-17/h3,5-6,10-11,13H,2,4,7-9H2,1H3. The smallest absolute Gasteiger partial charge is 0.0950 e. The fraction of sp³-hybridized carbons (Fsp3) is 0.500. The second kappa shape index (κ2) is 6.20. The highest BCUT2D eigenvalue weighted by Gasteiger charge is 1.98. The Morgan fingerprint density at radius 2 is 2.29 bits per heavy atom. The quantitative estimate of drug-likeness (QED) is 0.733. The van der Waals surface area contributed by atoms with Crippen molar-refractivity contribution in [1.29, 1.82) is 0 Å². The van der Waals surface area contributed by atoms with Gasteiger partial charge in [0.1, 0.15) is 0 Å². The molecule has 0 saturated heterocycles. The lowest BCUT2D eigenvalue weighted by atomic mass is 10.4. The first-order valence-electron chi connectivity index (χ1n) is 6.07. The summed E-state index contributed by atoms with van der Waals surface area (Å²) < 4.78 is 4.03. The summed E-state index contributed by atoms with van der Waals surface area (Å²) in [5, 5.41) is 7.51. The summed E-state index contributed by atoms with van der Waals surface area (Å²) in [6.07, 6.45) is 8.90. The normalized spacial score (nSPS) is 10.9. The number of aromatic nitrogens is 4. The molecule has 0 aromatic carbocycles. The van der Waals surface area contributed by atoms with Crippen molar-refractivity contribution in [3.8, 4) is 0 Å². The van der Waals surface area contributed by atoms with Crippen molar-refractivity contribution in [2.24, 2.45) is 0 Å². The first-order chi connectivity index (χ1) is 8.38. The van der Waals surface area contributed by atoms with E-state index in [0.29, 0.717) is 0 Å². The Morgan fingerprint density at radius 3 is 3.06 bits per heavy atom. The molecule has 5 nitrogen and oxygen atoms in total. The van der Waals surface area contributed by atoms with Crippen LogP contribution in [0.3, 0.4) is 0 Å². The van der Waals surface area contributed by atoms with Gasteiger partial charge < -0.3 is 9.88 Å². The van der Waals surface area contributed by atoms with Gasteiger partial charge in [-0.05, 0) is 19.0 Å². The van der Waals surface area contributed by atoms with Gasteiger partial charge >= 0.3 is 0 Å². The lowest BCUT2D eigenvalue weighted by Gasteiger charge is -2.02. The van der Waals surface area contributed by atoms with Crippen LogP contribution in [0.15, 0.2) is 31.0 Å². The van der Waals surface area contributed by atoms with Gasteiger partial charge in [-0.2, -0.15) is 5.10 Å². The topological polar surface area (TPSA) is 47.7 Å². The predicted octanol–water partition coefficient (Wildman–Crippen LogP) is 1.28. The van der Waals surface area contributed by atoms with Crippen LogP contribution in [0, 0.1) is 0 Å². The van der Waals surface area contributed by atoms with Crippen molar-refractivity contribution in [3.63, 3.8) is 0 Å². The molecule has 0 saturated carbocycles. The van der Waals surface area contributed by atoms with Crippen LogP contribution in [-0.4, -0.2) is 25.9 Å². The summed E-state index contributed by atoms with van der Waals surface area (Å²) in [4.78, 5) is 4.36. The maximum atomic E-state index is 4.36. The minimum atomic E-state index is 0.850. The molecule has 2 rings (SSSR count). The number of nitrogens with one attached hydrogen (secondary N) is 1. The Morgan fingerprint density at radius 1 is 1.35 bits per heavy atom. The van der Waals surface area contributed by atoms with Gasteiger partial charge in [0.05, 0.1) is 18.6 Å². The second-order valence-electron chi connectivity index (χ2n) is 4.05. The molecule has 0 radical (unpaired) electrons. The summed E-state index contributed by atoms with van der Waals surface area (Å²) in [6, 6.07) is 1.94. The maximum absolute atomic E-state index is 4.36. The number of imidazole rings is 1. The van der Waals surface area contributed by atoms with Crippen molar-refractivity contribution >= 4 is 0 Å². The Hall–Kier alpha value is -1.62. The number of rotatable bonds is 7. The molecule has 0 aliphatic rings. The zero-order valence-electron chi connectivity index (χ0n) is 10.2.